The molecule has 1 rings (SSSR count). The summed E-state index contributed by atoms with van der Waals surface area (Å²) < 4.78 is 40.3. The van der Waals surface area contributed by atoms with E-state index in [9.17, 15) is 17.6 Å². The largest absolute Gasteiger partial charge is 0.478 e. The van der Waals surface area contributed by atoms with Crippen molar-refractivity contribution in [3.63, 3.8) is 0 Å². The Balaban J connectivity index is 3.26. The molecule has 0 bridgehead atoms. The van der Waals surface area contributed by atoms with E-state index in [0.29, 0.717) is 6.42 Å². The molecule has 0 radical (unpaired) electrons. The third-order valence-corrected chi connectivity index (χ3v) is 4.42. The molecule has 0 amide bonds. The molecular weight excluding hydrogens is 299 g/mol. The highest BCUT2D eigenvalue weighted by Gasteiger charge is 2.23. The highest BCUT2D eigenvalue weighted by atomic mass is 32.2. The standard InChI is InChI=1S/C13H15FN2O4S/c1-3-9(4-5-15)16-21(19,20)10-6-8(2)12(14)11(7-10)13(17)18/h6-7,9,16H,3-4H2,1-2H3,(H,17,18). The first-order chi connectivity index (χ1) is 9.72. The zero-order chi connectivity index (χ0) is 16.2. The second-order valence-corrected chi connectivity index (χ2v) is 6.21. The average Bonchev–Trinajstić information content (AvgIpc) is 2.40. The van der Waals surface area contributed by atoms with Crippen molar-refractivity contribution < 1.29 is 22.7 Å². The van der Waals surface area contributed by atoms with Gasteiger partial charge in [-0.1, -0.05) is 6.92 Å². The van der Waals surface area contributed by atoms with Crippen LogP contribution in [-0.4, -0.2) is 25.5 Å². The highest BCUT2D eigenvalue weighted by molar-refractivity contribution is 7.89. The van der Waals surface area contributed by atoms with E-state index < -0.39 is 33.4 Å². The summed E-state index contributed by atoms with van der Waals surface area (Å²) in [6.45, 7) is 3.00. The van der Waals surface area contributed by atoms with E-state index in [2.05, 4.69) is 4.72 Å². The SMILES string of the molecule is CCC(CC#N)NS(=O)(=O)c1cc(C)c(F)c(C(=O)O)c1. The number of rotatable bonds is 6. The molecule has 1 aromatic carbocycles. The normalized spacial score (nSPS) is 12.7. The molecule has 0 aliphatic carbocycles. The van der Waals surface area contributed by atoms with Crippen molar-refractivity contribution >= 4 is 16.0 Å². The fourth-order valence-corrected chi connectivity index (χ4v) is 3.14. The summed E-state index contributed by atoms with van der Waals surface area (Å²) in [5, 5.41) is 17.5. The van der Waals surface area contributed by atoms with E-state index in [1.807, 2.05) is 6.07 Å². The minimum atomic E-state index is -4.02. The second-order valence-electron chi connectivity index (χ2n) is 4.50. The van der Waals surface area contributed by atoms with Crippen molar-refractivity contribution in [1.29, 1.82) is 5.26 Å². The van der Waals surface area contributed by atoms with E-state index in [4.69, 9.17) is 10.4 Å². The van der Waals surface area contributed by atoms with Gasteiger partial charge in [0.1, 0.15) is 5.82 Å². The molecule has 0 saturated carbocycles. The predicted molar refractivity (Wildman–Crippen MR) is 72.7 cm³/mol. The number of nitriles is 1. The molecule has 1 unspecified atom stereocenters. The van der Waals surface area contributed by atoms with Crippen LogP contribution in [0.3, 0.4) is 0 Å². The molecule has 1 atom stereocenters. The maximum Gasteiger partial charge on any atom is 0.338 e. The lowest BCUT2D eigenvalue weighted by atomic mass is 10.1. The van der Waals surface area contributed by atoms with Gasteiger partial charge < -0.3 is 5.11 Å². The van der Waals surface area contributed by atoms with Crippen LogP contribution >= 0.6 is 0 Å². The van der Waals surface area contributed by atoms with Gasteiger partial charge in [-0.2, -0.15) is 5.26 Å². The zero-order valence-corrected chi connectivity index (χ0v) is 12.4. The molecule has 0 heterocycles. The number of nitrogens with zero attached hydrogens (tertiary/aromatic N) is 1. The van der Waals surface area contributed by atoms with Gasteiger partial charge in [0.05, 0.1) is 22.9 Å². The molecule has 0 spiro atoms. The average molecular weight is 314 g/mol. The fraction of sp³-hybridized carbons (Fsp3) is 0.385. The smallest absolute Gasteiger partial charge is 0.338 e. The number of halogens is 1. The van der Waals surface area contributed by atoms with Gasteiger partial charge in [-0.15, -0.1) is 0 Å². The molecular formula is C13H15FN2O4S. The molecule has 0 aliphatic rings. The molecule has 8 heteroatoms. The number of aromatic carboxylic acids is 1. The van der Waals surface area contributed by atoms with Crippen LogP contribution in [0.25, 0.3) is 0 Å². The van der Waals surface area contributed by atoms with Crippen LogP contribution in [0.1, 0.15) is 35.7 Å². The number of benzene rings is 1. The van der Waals surface area contributed by atoms with E-state index in [-0.39, 0.29) is 16.9 Å². The molecule has 114 valence electrons. The summed E-state index contributed by atoms with van der Waals surface area (Å²) in [5.41, 5.74) is -0.785. The van der Waals surface area contributed by atoms with Gasteiger partial charge in [0.15, 0.2) is 0 Å². The minimum Gasteiger partial charge on any atom is -0.478 e. The van der Waals surface area contributed by atoms with E-state index in [1.54, 1.807) is 6.92 Å². The van der Waals surface area contributed by atoms with Crippen molar-refractivity contribution in [3.8, 4) is 6.07 Å². The quantitative estimate of drug-likeness (QED) is 0.832. The van der Waals surface area contributed by atoms with Crippen molar-refractivity contribution in [2.45, 2.75) is 37.6 Å². The van der Waals surface area contributed by atoms with Crippen molar-refractivity contribution in [3.05, 3.63) is 29.1 Å². The topological polar surface area (TPSA) is 107 Å². The van der Waals surface area contributed by atoms with Crippen molar-refractivity contribution in [2.75, 3.05) is 0 Å². The lowest BCUT2D eigenvalue weighted by molar-refractivity contribution is 0.0691. The van der Waals surface area contributed by atoms with Gasteiger partial charge in [-0.05, 0) is 31.0 Å². The number of hydrogen-bond acceptors (Lipinski definition) is 4. The second kappa shape index (κ2) is 6.65. The van der Waals surface area contributed by atoms with Crippen LogP contribution in [0, 0.1) is 24.1 Å². The van der Waals surface area contributed by atoms with Crippen LogP contribution in [0.5, 0.6) is 0 Å². The third-order valence-electron chi connectivity index (χ3n) is 2.92. The molecule has 6 nitrogen and oxygen atoms in total. The number of hydrogen-bond donors (Lipinski definition) is 2. The Kier molecular flexibility index (Phi) is 5.41. The highest BCUT2D eigenvalue weighted by Crippen LogP contribution is 2.20. The molecule has 2 N–H and O–H groups in total. The summed E-state index contributed by atoms with van der Waals surface area (Å²) in [6, 6.07) is 3.11. The number of sulfonamides is 1. The molecule has 1 aromatic rings. The van der Waals surface area contributed by atoms with E-state index in [1.165, 1.54) is 6.92 Å². The zero-order valence-electron chi connectivity index (χ0n) is 11.6. The van der Waals surface area contributed by atoms with Gasteiger partial charge in [0.2, 0.25) is 10.0 Å². The summed E-state index contributed by atoms with van der Waals surface area (Å²) in [7, 11) is -4.02. The fourth-order valence-electron chi connectivity index (χ4n) is 1.71. The maximum atomic E-state index is 13.6. The monoisotopic (exact) mass is 314 g/mol. The predicted octanol–water partition coefficient (Wildman–Crippen LogP) is 1.80. The summed E-state index contributed by atoms with van der Waals surface area (Å²) in [4.78, 5) is 10.6. The molecule has 0 saturated heterocycles. The summed E-state index contributed by atoms with van der Waals surface area (Å²) >= 11 is 0. The molecule has 0 aromatic heterocycles. The van der Waals surface area contributed by atoms with Gasteiger partial charge >= 0.3 is 5.97 Å². The Labute approximate surface area is 122 Å². The lowest BCUT2D eigenvalue weighted by Gasteiger charge is -2.15. The first-order valence-corrected chi connectivity index (χ1v) is 7.64. The summed E-state index contributed by atoms with van der Waals surface area (Å²) in [5.74, 6) is -2.51. The number of carboxylic acid groups (broad SMARTS) is 1. The van der Waals surface area contributed by atoms with Gasteiger partial charge in [0, 0.05) is 6.04 Å². The Hall–Kier alpha value is -1.98. The first kappa shape index (κ1) is 17.1. The third kappa shape index (κ3) is 4.00. The number of aryl methyl sites for hydroxylation is 1. The molecule has 0 aliphatic heterocycles. The Morgan fingerprint density at radius 3 is 2.62 bits per heavy atom. The van der Waals surface area contributed by atoms with Crippen LogP contribution in [-0.2, 0) is 10.0 Å². The first-order valence-electron chi connectivity index (χ1n) is 6.15. The minimum absolute atomic E-state index is 0.0122. The number of carboxylic acids is 1. The lowest BCUT2D eigenvalue weighted by Crippen LogP contribution is -2.34. The van der Waals surface area contributed by atoms with Crippen molar-refractivity contribution in [2.24, 2.45) is 0 Å². The molecule has 21 heavy (non-hydrogen) atoms. The van der Waals surface area contributed by atoms with Crippen LogP contribution in [0.4, 0.5) is 4.39 Å². The Morgan fingerprint density at radius 2 is 2.14 bits per heavy atom. The number of nitrogens with one attached hydrogen (secondary N) is 1. The van der Waals surface area contributed by atoms with Crippen LogP contribution in [0.2, 0.25) is 0 Å². The van der Waals surface area contributed by atoms with E-state index >= 15 is 0 Å². The van der Waals surface area contributed by atoms with Gasteiger partial charge in [-0.25, -0.2) is 22.3 Å². The Morgan fingerprint density at radius 1 is 1.52 bits per heavy atom. The van der Waals surface area contributed by atoms with Crippen molar-refractivity contribution in [1.82, 2.24) is 4.72 Å². The van der Waals surface area contributed by atoms with E-state index in [0.717, 1.165) is 12.1 Å². The van der Waals surface area contributed by atoms with Gasteiger partial charge in [0.25, 0.3) is 0 Å². The van der Waals surface area contributed by atoms with Gasteiger partial charge in [-0.3, -0.25) is 0 Å². The summed E-state index contributed by atoms with van der Waals surface area (Å²) in [6.07, 6.45) is 0.389. The molecule has 0 fully saturated rings. The van der Waals surface area contributed by atoms with Crippen LogP contribution < -0.4 is 4.72 Å². The maximum absolute atomic E-state index is 13.6. The van der Waals surface area contributed by atoms with Crippen LogP contribution in [0.15, 0.2) is 17.0 Å². The Bertz CT molecular complexity index is 695. The number of carbonyl (C=O) groups is 1.